The summed E-state index contributed by atoms with van der Waals surface area (Å²) in [5.41, 5.74) is 6.85. The van der Waals surface area contributed by atoms with E-state index in [-0.39, 0.29) is 6.04 Å². The first kappa shape index (κ1) is 13.2. The average Bonchev–Trinajstić information content (AvgIpc) is 2.27. The Labute approximate surface area is 97.7 Å². The highest BCUT2D eigenvalue weighted by Crippen LogP contribution is 2.18. The van der Waals surface area contributed by atoms with Gasteiger partial charge in [0.05, 0.1) is 19.3 Å². The minimum Gasteiger partial charge on any atom is -0.382 e. The van der Waals surface area contributed by atoms with E-state index in [0.29, 0.717) is 13.2 Å². The van der Waals surface area contributed by atoms with E-state index in [1.165, 1.54) is 16.7 Å². The third kappa shape index (κ3) is 3.93. The molecule has 0 aromatic heterocycles. The Morgan fingerprint density at radius 1 is 1.25 bits per heavy atom. The average molecular weight is 223 g/mol. The Morgan fingerprint density at radius 2 is 2.00 bits per heavy atom. The van der Waals surface area contributed by atoms with Gasteiger partial charge < -0.3 is 4.74 Å². The highest BCUT2D eigenvalue weighted by atomic mass is 16.7. The molecule has 0 aliphatic rings. The number of hydroxylamine groups is 1. The minimum absolute atomic E-state index is 0.191. The summed E-state index contributed by atoms with van der Waals surface area (Å²) >= 11 is 0. The Morgan fingerprint density at radius 3 is 2.69 bits per heavy atom. The molecule has 0 spiro atoms. The van der Waals surface area contributed by atoms with E-state index in [2.05, 4.69) is 44.5 Å². The van der Waals surface area contributed by atoms with Crippen molar-refractivity contribution in [2.75, 3.05) is 20.3 Å². The molecule has 0 saturated heterocycles. The van der Waals surface area contributed by atoms with Crippen molar-refractivity contribution in [3.8, 4) is 0 Å². The third-order valence-corrected chi connectivity index (χ3v) is 2.55. The van der Waals surface area contributed by atoms with Gasteiger partial charge in [0.1, 0.15) is 0 Å². The molecule has 90 valence electrons. The van der Waals surface area contributed by atoms with Crippen LogP contribution in [0.4, 0.5) is 0 Å². The van der Waals surface area contributed by atoms with Gasteiger partial charge >= 0.3 is 0 Å². The second kappa shape index (κ2) is 6.63. The van der Waals surface area contributed by atoms with Crippen molar-refractivity contribution < 1.29 is 9.57 Å². The van der Waals surface area contributed by atoms with Gasteiger partial charge in [-0.1, -0.05) is 23.8 Å². The molecule has 0 heterocycles. The number of hydrogen-bond acceptors (Lipinski definition) is 3. The fraction of sp³-hybridized carbons (Fsp3) is 0.538. The summed E-state index contributed by atoms with van der Waals surface area (Å²) in [5, 5.41) is 0. The molecular formula is C13H21NO2. The van der Waals surface area contributed by atoms with Crippen LogP contribution in [0.15, 0.2) is 18.2 Å². The summed E-state index contributed by atoms with van der Waals surface area (Å²) in [7, 11) is 1.66. The zero-order valence-electron chi connectivity index (χ0n) is 10.5. The van der Waals surface area contributed by atoms with Crippen molar-refractivity contribution in [1.29, 1.82) is 0 Å². The second-order valence-corrected chi connectivity index (χ2v) is 4.04. The molecule has 0 aliphatic carbocycles. The van der Waals surface area contributed by atoms with Gasteiger partial charge in [0.2, 0.25) is 0 Å². The van der Waals surface area contributed by atoms with E-state index < -0.39 is 0 Å². The van der Waals surface area contributed by atoms with Crippen LogP contribution < -0.4 is 5.48 Å². The van der Waals surface area contributed by atoms with Gasteiger partial charge in [-0.3, -0.25) is 4.84 Å². The number of methoxy groups -OCH3 is 1. The summed E-state index contributed by atoms with van der Waals surface area (Å²) in [6, 6.07) is 6.64. The molecule has 16 heavy (non-hydrogen) atoms. The van der Waals surface area contributed by atoms with Crippen LogP contribution in [0.3, 0.4) is 0 Å². The largest absolute Gasteiger partial charge is 0.382 e. The van der Waals surface area contributed by atoms with Gasteiger partial charge in [0.15, 0.2) is 0 Å². The monoisotopic (exact) mass is 223 g/mol. The zero-order chi connectivity index (χ0) is 12.0. The van der Waals surface area contributed by atoms with Gasteiger partial charge in [-0.05, 0) is 31.9 Å². The summed E-state index contributed by atoms with van der Waals surface area (Å²) in [4.78, 5) is 5.31. The maximum Gasteiger partial charge on any atom is 0.0916 e. The molecule has 0 radical (unpaired) electrons. The lowest BCUT2D eigenvalue weighted by molar-refractivity contribution is -0.00934. The summed E-state index contributed by atoms with van der Waals surface area (Å²) in [5.74, 6) is 0. The topological polar surface area (TPSA) is 30.5 Å². The van der Waals surface area contributed by atoms with E-state index in [1.807, 2.05) is 0 Å². The summed E-state index contributed by atoms with van der Waals surface area (Å²) < 4.78 is 4.91. The van der Waals surface area contributed by atoms with Crippen molar-refractivity contribution in [3.05, 3.63) is 34.9 Å². The first-order valence-electron chi connectivity index (χ1n) is 5.58. The molecule has 0 amide bonds. The Kier molecular flexibility index (Phi) is 5.46. The molecule has 1 N–H and O–H groups in total. The maximum absolute atomic E-state index is 5.31. The van der Waals surface area contributed by atoms with Crippen molar-refractivity contribution in [3.63, 3.8) is 0 Å². The molecule has 1 aromatic carbocycles. The maximum atomic E-state index is 5.31. The number of ether oxygens (including phenoxy) is 1. The smallest absolute Gasteiger partial charge is 0.0916 e. The van der Waals surface area contributed by atoms with Crippen molar-refractivity contribution in [1.82, 2.24) is 5.48 Å². The van der Waals surface area contributed by atoms with Crippen LogP contribution in [-0.4, -0.2) is 20.3 Å². The highest BCUT2D eigenvalue weighted by Gasteiger charge is 2.07. The fourth-order valence-electron chi connectivity index (χ4n) is 1.60. The lowest BCUT2D eigenvalue weighted by Crippen LogP contribution is -2.22. The van der Waals surface area contributed by atoms with E-state index >= 15 is 0 Å². The summed E-state index contributed by atoms with van der Waals surface area (Å²) in [6.07, 6.45) is 0. The number of aryl methyl sites for hydroxylation is 2. The van der Waals surface area contributed by atoms with Crippen molar-refractivity contribution >= 4 is 0 Å². The van der Waals surface area contributed by atoms with E-state index in [1.54, 1.807) is 7.11 Å². The fourth-order valence-corrected chi connectivity index (χ4v) is 1.60. The lowest BCUT2D eigenvalue weighted by Gasteiger charge is -2.16. The first-order valence-corrected chi connectivity index (χ1v) is 5.58. The predicted molar refractivity (Wildman–Crippen MR) is 65.3 cm³/mol. The molecule has 1 atom stereocenters. The second-order valence-electron chi connectivity index (χ2n) is 4.04. The normalized spacial score (nSPS) is 12.8. The van der Waals surface area contributed by atoms with Crippen LogP contribution in [0.5, 0.6) is 0 Å². The van der Waals surface area contributed by atoms with Crippen LogP contribution in [0, 0.1) is 13.8 Å². The molecule has 0 aliphatic heterocycles. The van der Waals surface area contributed by atoms with Crippen LogP contribution in [0.2, 0.25) is 0 Å². The first-order chi connectivity index (χ1) is 7.65. The Hall–Kier alpha value is -0.900. The molecule has 0 fully saturated rings. The van der Waals surface area contributed by atoms with Crippen LogP contribution >= 0.6 is 0 Å². The molecule has 0 saturated carbocycles. The van der Waals surface area contributed by atoms with E-state index in [9.17, 15) is 0 Å². The van der Waals surface area contributed by atoms with Crippen molar-refractivity contribution in [2.24, 2.45) is 0 Å². The lowest BCUT2D eigenvalue weighted by atomic mass is 10.0. The van der Waals surface area contributed by atoms with Gasteiger partial charge in [0.25, 0.3) is 0 Å². The van der Waals surface area contributed by atoms with Crippen LogP contribution in [0.25, 0.3) is 0 Å². The number of hydrogen-bond donors (Lipinski definition) is 1. The molecule has 3 nitrogen and oxygen atoms in total. The van der Waals surface area contributed by atoms with E-state index in [4.69, 9.17) is 9.57 Å². The molecule has 1 unspecified atom stereocenters. The third-order valence-electron chi connectivity index (χ3n) is 2.55. The molecule has 3 heteroatoms. The Bertz CT molecular complexity index is 326. The van der Waals surface area contributed by atoms with Crippen molar-refractivity contribution in [2.45, 2.75) is 26.8 Å². The minimum atomic E-state index is 0.191. The van der Waals surface area contributed by atoms with Gasteiger partial charge in [0, 0.05) is 7.11 Å². The SMILES string of the molecule is COCCONC(C)c1cc(C)ccc1C. The van der Waals surface area contributed by atoms with Crippen LogP contribution in [0.1, 0.15) is 29.7 Å². The molecule has 1 rings (SSSR count). The molecule has 0 bridgehead atoms. The van der Waals surface area contributed by atoms with Gasteiger partial charge in [-0.15, -0.1) is 0 Å². The molecule has 1 aromatic rings. The molecular weight excluding hydrogens is 202 g/mol. The summed E-state index contributed by atoms with van der Waals surface area (Å²) in [6.45, 7) is 7.47. The van der Waals surface area contributed by atoms with Gasteiger partial charge in [-0.25, -0.2) is 0 Å². The van der Waals surface area contributed by atoms with Crippen LogP contribution in [-0.2, 0) is 9.57 Å². The Balaban J connectivity index is 2.51. The van der Waals surface area contributed by atoms with Gasteiger partial charge in [-0.2, -0.15) is 5.48 Å². The highest BCUT2D eigenvalue weighted by molar-refractivity contribution is 5.32. The number of rotatable bonds is 6. The predicted octanol–water partition coefficient (Wildman–Crippen LogP) is 2.53. The zero-order valence-corrected chi connectivity index (χ0v) is 10.5. The number of nitrogens with one attached hydrogen (secondary N) is 1. The number of benzene rings is 1. The quantitative estimate of drug-likeness (QED) is 0.594. The van der Waals surface area contributed by atoms with E-state index in [0.717, 1.165) is 0 Å². The standard InChI is InChI=1S/C13H21NO2/c1-10-5-6-11(2)13(9-10)12(3)14-16-8-7-15-4/h5-6,9,12,14H,7-8H2,1-4H3.